The van der Waals surface area contributed by atoms with Gasteiger partial charge in [-0.2, -0.15) is 22.9 Å². The van der Waals surface area contributed by atoms with Crippen LogP contribution < -0.4 is 15.0 Å². The Labute approximate surface area is 232 Å². The summed E-state index contributed by atoms with van der Waals surface area (Å²) in [7, 11) is 1.32. The van der Waals surface area contributed by atoms with Crippen LogP contribution in [-0.4, -0.2) is 40.2 Å². The lowest BCUT2D eigenvalue weighted by Gasteiger charge is -2.17. The highest BCUT2D eigenvalue weighted by Gasteiger charge is 2.31. The molecule has 1 atom stereocenters. The van der Waals surface area contributed by atoms with Gasteiger partial charge in [0.2, 0.25) is 0 Å². The SMILES string of the molecule is COc1cc(C=Nn2c(-c3cccc(C(F)(F)F)c3)nc3ccccc3c2=O)c(Br)c(Cl)c1O[C@@H](C)C(=O)O. The molecule has 1 heterocycles. The Morgan fingerprint density at radius 1 is 1.21 bits per heavy atom. The van der Waals surface area contributed by atoms with Gasteiger partial charge in [0.25, 0.3) is 5.56 Å². The van der Waals surface area contributed by atoms with Gasteiger partial charge in [-0.1, -0.05) is 35.9 Å². The van der Waals surface area contributed by atoms with Crippen molar-refractivity contribution >= 4 is 50.6 Å². The summed E-state index contributed by atoms with van der Waals surface area (Å²) in [6.07, 6.45) is -4.61. The fourth-order valence-corrected chi connectivity index (χ4v) is 4.20. The van der Waals surface area contributed by atoms with E-state index in [4.69, 9.17) is 21.1 Å². The molecule has 0 saturated heterocycles. The quantitative estimate of drug-likeness (QED) is 0.244. The van der Waals surface area contributed by atoms with Gasteiger partial charge >= 0.3 is 12.1 Å². The zero-order valence-corrected chi connectivity index (χ0v) is 22.5. The molecule has 1 aromatic heterocycles. The molecule has 4 rings (SSSR count). The number of carbonyl (C=O) groups is 1. The predicted octanol–water partition coefficient (Wildman–Crippen LogP) is 6.24. The lowest BCUT2D eigenvalue weighted by molar-refractivity contribution is -0.144. The van der Waals surface area contributed by atoms with Gasteiger partial charge in [0, 0.05) is 15.6 Å². The number of rotatable bonds is 7. The Morgan fingerprint density at radius 3 is 2.59 bits per heavy atom. The van der Waals surface area contributed by atoms with E-state index in [2.05, 4.69) is 26.0 Å². The van der Waals surface area contributed by atoms with Gasteiger partial charge in [-0.3, -0.25) is 4.79 Å². The number of benzene rings is 3. The standard InChI is InChI=1S/C26H18BrClF3N3O5/c1-13(25(36)37)39-22-19(38-2)11-15(20(27)21(22)28)12-32-34-23(14-6-5-7-16(10-14)26(29,30)31)33-18-9-4-3-8-17(18)24(34)35/h3-13H,1-2H3,(H,36,37)/t13-/m0/s1. The van der Waals surface area contributed by atoms with E-state index in [1.165, 1.54) is 44.5 Å². The molecule has 13 heteroatoms. The number of halogens is 5. The first kappa shape index (κ1) is 28.1. The highest BCUT2D eigenvalue weighted by Crippen LogP contribution is 2.42. The summed E-state index contributed by atoms with van der Waals surface area (Å²) in [5.41, 5.74) is -0.938. The van der Waals surface area contributed by atoms with Crippen LogP contribution in [0.3, 0.4) is 0 Å². The van der Waals surface area contributed by atoms with Gasteiger partial charge in [-0.25, -0.2) is 9.78 Å². The van der Waals surface area contributed by atoms with E-state index in [0.29, 0.717) is 5.56 Å². The van der Waals surface area contributed by atoms with Gasteiger partial charge in [-0.05, 0) is 53.2 Å². The third-order valence-electron chi connectivity index (χ3n) is 5.53. The number of alkyl halides is 3. The number of fused-ring (bicyclic) bond motifs is 1. The molecular formula is C26H18BrClF3N3O5. The number of para-hydroxylation sites is 1. The Bertz CT molecular complexity index is 1670. The van der Waals surface area contributed by atoms with Crippen molar-refractivity contribution in [3.8, 4) is 22.9 Å². The van der Waals surface area contributed by atoms with Crippen molar-refractivity contribution < 1.29 is 32.5 Å². The summed E-state index contributed by atoms with van der Waals surface area (Å²) in [5, 5.41) is 13.6. The smallest absolute Gasteiger partial charge is 0.416 e. The van der Waals surface area contributed by atoms with Gasteiger partial charge in [0.05, 0.1) is 29.8 Å². The summed E-state index contributed by atoms with van der Waals surface area (Å²) in [6.45, 7) is 1.32. The number of hydrogen-bond acceptors (Lipinski definition) is 6. The van der Waals surface area contributed by atoms with Gasteiger partial charge in [0.1, 0.15) is 5.02 Å². The molecular weight excluding hydrogens is 607 g/mol. The minimum absolute atomic E-state index is 0.0194. The van der Waals surface area contributed by atoms with Crippen LogP contribution in [0, 0.1) is 0 Å². The van der Waals surface area contributed by atoms with Crippen LogP contribution in [0.1, 0.15) is 18.1 Å². The topological polar surface area (TPSA) is 103 Å². The zero-order valence-electron chi connectivity index (χ0n) is 20.2. The number of methoxy groups -OCH3 is 1. The molecule has 0 spiro atoms. The second-order valence-corrected chi connectivity index (χ2v) is 9.29. The molecule has 1 N–H and O–H groups in total. The van der Waals surface area contributed by atoms with Crippen LogP contribution in [0.4, 0.5) is 13.2 Å². The summed E-state index contributed by atoms with van der Waals surface area (Å²) in [6, 6.07) is 12.2. The summed E-state index contributed by atoms with van der Waals surface area (Å²) >= 11 is 9.73. The first-order valence-corrected chi connectivity index (χ1v) is 12.3. The molecule has 0 amide bonds. The van der Waals surface area contributed by atoms with Crippen LogP contribution in [0.5, 0.6) is 11.5 Å². The predicted molar refractivity (Wildman–Crippen MR) is 143 cm³/mol. The number of ether oxygens (including phenoxy) is 2. The van der Waals surface area contributed by atoms with E-state index in [1.807, 2.05) is 0 Å². The maximum absolute atomic E-state index is 13.4. The van der Waals surface area contributed by atoms with Crippen LogP contribution >= 0.6 is 27.5 Å². The number of aliphatic carboxylic acids is 1. The van der Waals surface area contributed by atoms with E-state index in [0.717, 1.165) is 16.8 Å². The van der Waals surface area contributed by atoms with Crippen LogP contribution in [-0.2, 0) is 11.0 Å². The molecule has 0 aliphatic heterocycles. The van der Waals surface area contributed by atoms with Gasteiger partial charge in [-0.15, -0.1) is 0 Å². The minimum atomic E-state index is -4.61. The third kappa shape index (κ3) is 5.76. The number of carboxylic acid groups (broad SMARTS) is 1. The van der Waals surface area contributed by atoms with Crippen LogP contribution in [0.2, 0.25) is 5.02 Å². The third-order valence-corrected chi connectivity index (χ3v) is 6.98. The lowest BCUT2D eigenvalue weighted by Crippen LogP contribution is -2.23. The van der Waals surface area contributed by atoms with E-state index >= 15 is 0 Å². The Morgan fingerprint density at radius 2 is 1.92 bits per heavy atom. The Kier molecular flexibility index (Phi) is 7.98. The second-order valence-electron chi connectivity index (χ2n) is 8.12. The molecule has 3 aromatic carbocycles. The highest BCUT2D eigenvalue weighted by atomic mass is 79.9. The monoisotopic (exact) mass is 623 g/mol. The van der Waals surface area contributed by atoms with Crippen molar-refractivity contribution in [3.05, 3.63) is 85.6 Å². The number of nitrogens with zero attached hydrogens (tertiary/aromatic N) is 3. The molecule has 4 aromatic rings. The molecule has 0 aliphatic rings. The minimum Gasteiger partial charge on any atom is -0.493 e. The number of aromatic nitrogens is 2. The largest absolute Gasteiger partial charge is 0.493 e. The molecule has 202 valence electrons. The van der Waals surface area contributed by atoms with Gasteiger partial charge < -0.3 is 14.6 Å². The summed E-state index contributed by atoms with van der Waals surface area (Å²) < 4.78 is 52.1. The number of hydrogen-bond donors (Lipinski definition) is 1. The molecule has 0 bridgehead atoms. The number of carboxylic acids is 1. The first-order chi connectivity index (χ1) is 18.4. The van der Waals surface area contributed by atoms with Crippen LogP contribution in [0.25, 0.3) is 22.3 Å². The fourth-order valence-electron chi connectivity index (χ4n) is 3.56. The zero-order chi connectivity index (χ0) is 28.5. The Hall–Kier alpha value is -3.90. The van der Waals surface area contributed by atoms with Crippen LogP contribution in [0.15, 0.2) is 69.0 Å². The van der Waals surface area contributed by atoms with Crippen molar-refractivity contribution in [2.75, 3.05) is 7.11 Å². The maximum atomic E-state index is 13.4. The lowest BCUT2D eigenvalue weighted by atomic mass is 10.1. The van der Waals surface area contributed by atoms with Gasteiger partial charge in [0.15, 0.2) is 23.4 Å². The molecule has 0 unspecified atom stereocenters. The average Bonchev–Trinajstić information content (AvgIpc) is 2.91. The molecule has 8 nitrogen and oxygen atoms in total. The van der Waals surface area contributed by atoms with E-state index in [1.54, 1.807) is 18.2 Å². The van der Waals surface area contributed by atoms with Crippen molar-refractivity contribution in [2.24, 2.45) is 5.10 Å². The van der Waals surface area contributed by atoms with Crippen molar-refractivity contribution in [1.29, 1.82) is 0 Å². The summed E-state index contributed by atoms with van der Waals surface area (Å²) in [4.78, 5) is 29.0. The molecule has 0 fully saturated rings. The summed E-state index contributed by atoms with van der Waals surface area (Å²) in [5.74, 6) is -1.29. The average molecular weight is 625 g/mol. The normalized spacial score (nSPS) is 12.6. The Balaban J connectivity index is 1.89. The fraction of sp³-hybridized carbons (Fsp3) is 0.154. The van der Waals surface area contributed by atoms with Crippen molar-refractivity contribution in [1.82, 2.24) is 9.66 Å². The first-order valence-electron chi connectivity index (χ1n) is 11.1. The van der Waals surface area contributed by atoms with E-state index < -0.39 is 29.4 Å². The van der Waals surface area contributed by atoms with Crippen molar-refractivity contribution in [2.45, 2.75) is 19.2 Å². The van der Waals surface area contributed by atoms with E-state index in [-0.39, 0.29) is 43.3 Å². The molecule has 0 aliphatic carbocycles. The van der Waals surface area contributed by atoms with E-state index in [9.17, 15) is 27.9 Å². The second kappa shape index (κ2) is 11.1. The van der Waals surface area contributed by atoms with Crippen molar-refractivity contribution in [3.63, 3.8) is 0 Å². The molecule has 0 radical (unpaired) electrons. The molecule has 39 heavy (non-hydrogen) atoms. The highest BCUT2D eigenvalue weighted by molar-refractivity contribution is 9.10. The maximum Gasteiger partial charge on any atom is 0.416 e. The molecule has 0 saturated carbocycles.